The molecule has 1 aliphatic rings. The maximum absolute atomic E-state index is 12.4. The third kappa shape index (κ3) is 3.82. The lowest BCUT2D eigenvalue weighted by atomic mass is 9.85. The maximum Gasteiger partial charge on any atom is 0.227 e. The van der Waals surface area contributed by atoms with E-state index in [1.807, 2.05) is 12.1 Å². The Morgan fingerprint density at radius 3 is 2.67 bits per heavy atom. The monoisotopic (exact) mass is 332 g/mol. The van der Waals surface area contributed by atoms with Crippen LogP contribution in [0.5, 0.6) is 5.75 Å². The van der Waals surface area contributed by atoms with Crippen LogP contribution in [-0.4, -0.2) is 19.6 Å². The standard InChI is InChI=1S/C15H21ClN2O2.ClH/c1-20-13-6-4-5-12(16)11(13)9-18-14(19)15(10-17)7-2-3-8-15;/h4-6H,2-3,7-10,17H2,1H3,(H,18,19);1H. The summed E-state index contributed by atoms with van der Waals surface area (Å²) in [6.07, 6.45) is 3.88. The van der Waals surface area contributed by atoms with E-state index in [0.29, 0.717) is 23.9 Å². The fraction of sp³-hybridized carbons (Fsp3) is 0.533. The van der Waals surface area contributed by atoms with Crippen LogP contribution in [0, 0.1) is 5.41 Å². The first-order chi connectivity index (χ1) is 9.63. The topological polar surface area (TPSA) is 64.3 Å². The van der Waals surface area contributed by atoms with Gasteiger partial charge in [0.2, 0.25) is 5.91 Å². The Hall–Kier alpha value is -0.970. The third-order valence-corrected chi connectivity index (χ3v) is 4.51. The molecule has 1 aromatic carbocycles. The van der Waals surface area contributed by atoms with Crippen LogP contribution in [0.4, 0.5) is 0 Å². The highest BCUT2D eigenvalue weighted by Gasteiger charge is 2.39. The summed E-state index contributed by atoms with van der Waals surface area (Å²) in [6.45, 7) is 0.766. The van der Waals surface area contributed by atoms with Gasteiger partial charge in [0.25, 0.3) is 0 Å². The summed E-state index contributed by atoms with van der Waals surface area (Å²) in [5, 5.41) is 3.56. The third-order valence-electron chi connectivity index (χ3n) is 4.15. The number of rotatable bonds is 5. The molecule has 4 nitrogen and oxygen atoms in total. The molecule has 3 N–H and O–H groups in total. The first kappa shape index (κ1) is 18.1. The number of nitrogens with two attached hydrogens (primary N) is 1. The van der Waals surface area contributed by atoms with Crippen molar-refractivity contribution in [2.45, 2.75) is 32.2 Å². The number of nitrogens with one attached hydrogen (secondary N) is 1. The van der Waals surface area contributed by atoms with Crippen LogP contribution in [0.15, 0.2) is 18.2 Å². The lowest BCUT2D eigenvalue weighted by Crippen LogP contribution is -2.43. The van der Waals surface area contributed by atoms with E-state index in [0.717, 1.165) is 31.2 Å². The van der Waals surface area contributed by atoms with Crippen molar-refractivity contribution < 1.29 is 9.53 Å². The number of amides is 1. The molecule has 1 amide bonds. The summed E-state index contributed by atoms with van der Waals surface area (Å²) in [6, 6.07) is 5.45. The molecule has 1 aromatic rings. The van der Waals surface area contributed by atoms with Gasteiger partial charge in [0, 0.05) is 23.7 Å². The van der Waals surface area contributed by atoms with E-state index in [-0.39, 0.29) is 18.3 Å². The lowest BCUT2D eigenvalue weighted by Gasteiger charge is -2.26. The van der Waals surface area contributed by atoms with Gasteiger partial charge in [-0.1, -0.05) is 30.5 Å². The molecule has 1 fully saturated rings. The molecule has 0 radical (unpaired) electrons. The van der Waals surface area contributed by atoms with Crippen LogP contribution in [0.3, 0.4) is 0 Å². The molecule has 0 unspecified atom stereocenters. The Morgan fingerprint density at radius 2 is 2.10 bits per heavy atom. The molecule has 0 saturated heterocycles. The largest absolute Gasteiger partial charge is 0.496 e. The molecule has 0 aromatic heterocycles. The Labute approximate surface area is 136 Å². The van der Waals surface area contributed by atoms with E-state index in [1.165, 1.54) is 0 Å². The summed E-state index contributed by atoms with van der Waals surface area (Å²) in [5.41, 5.74) is 6.22. The average molecular weight is 333 g/mol. The van der Waals surface area contributed by atoms with Crippen molar-refractivity contribution in [3.8, 4) is 5.75 Å². The molecule has 0 aliphatic heterocycles. The molecule has 0 spiro atoms. The van der Waals surface area contributed by atoms with Crippen molar-refractivity contribution in [1.29, 1.82) is 0 Å². The van der Waals surface area contributed by atoms with Gasteiger partial charge < -0.3 is 15.8 Å². The number of halogens is 2. The highest BCUT2D eigenvalue weighted by molar-refractivity contribution is 6.31. The Balaban J connectivity index is 0.00000220. The first-order valence-electron chi connectivity index (χ1n) is 6.93. The van der Waals surface area contributed by atoms with Gasteiger partial charge in [-0.05, 0) is 25.0 Å². The van der Waals surface area contributed by atoms with E-state index in [2.05, 4.69) is 5.32 Å². The van der Waals surface area contributed by atoms with E-state index in [1.54, 1.807) is 13.2 Å². The molecule has 0 heterocycles. The molecular weight excluding hydrogens is 311 g/mol. The van der Waals surface area contributed by atoms with Crippen molar-refractivity contribution in [3.05, 3.63) is 28.8 Å². The smallest absolute Gasteiger partial charge is 0.227 e. The van der Waals surface area contributed by atoms with E-state index >= 15 is 0 Å². The van der Waals surface area contributed by atoms with Gasteiger partial charge in [-0.3, -0.25) is 4.79 Å². The summed E-state index contributed by atoms with van der Waals surface area (Å²) < 4.78 is 5.27. The second kappa shape index (κ2) is 7.87. The second-order valence-electron chi connectivity index (χ2n) is 5.29. The number of carbonyl (C=O) groups excluding carboxylic acids is 1. The molecule has 1 saturated carbocycles. The summed E-state index contributed by atoms with van der Waals surface area (Å²) in [4.78, 5) is 12.4. The SMILES string of the molecule is COc1cccc(Cl)c1CNC(=O)C1(CN)CCCC1.Cl. The predicted octanol–water partition coefficient (Wildman–Crippen LogP) is 2.91. The van der Waals surface area contributed by atoms with Crippen LogP contribution < -0.4 is 15.8 Å². The van der Waals surface area contributed by atoms with E-state index in [4.69, 9.17) is 22.1 Å². The van der Waals surface area contributed by atoms with Crippen molar-refractivity contribution >= 4 is 29.9 Å². The quantitative estimate of drug-likeness (QED) is 0.871. The van der Waals surface area contributed by atoms with Gasteiger partial charge in [0.15, 0.2) is 0 Å². The van der Waals surface area contributed by atoms with Crippen molar-refractivity contribution in [2.75, 3.05) is 13.7 Å². The highest BCUT2D eigenvalue weighted by Crippen LogP contribution is 2.37. The van der Waals surface area contributed by atoms with Gasteiger partial charge in [-0.15, -0.1) is 12.4 Å². The number of carbonyl (C=O) groups is 1. The fourth-order valence-electron chi connectivity index (χ4n) is 2.83. The minimum atomic E-state index is -0.394. The maximum atomic E-state index is 12.4. The Morgan fingerprint density at radius 1 is 1.43 bits per heavy atom. The molecule has 118 valence electrons. The first-order valence-corrected chi connectivity index (χ1v) is 7.30. The molecule has 6 heteroatoms. The molecule has 0 atom stereocenters. The minimum Gasteiger partial charge on any atom is -0.496 e. The number of benzene rings is 1. The summed E-state index contributed by atoms with van der Waals surface area (Å²) >= 11 is 6.16. The van der Waals surface area contributed by atoms with Crippen molar-refractivity contribution in [2.24, 2.45) is 11.1 Å². The fourth-order valence-corrected chi connectivity index (χ4v) is 3.07. The zero-order valence-corrected chi connectivity index (χ0v) is 13.7. The normalized spacial score (nSPS) is 16.1. The zero-order valence-electron chi connectivity index (χ0n) is 12.2. The summed E-state index contributed by atoms with van der Waals surface area (Å²) in [7, 11) is 1.59. The number of hydrogen-bond acceptors (Lipinski definition) is 3. The van der Waals surface area contributed by atoms with E-state index in [9.17, 15) is 4.79 Å². The van der Waals surface area contributed by atoms with Gasteiger partial charge in [0.05, 0.1) is 12.5 Å². The van der Waals surface area contributed by atoms with Crippen LogP contribution >= 0.6 is 24.0 Å². The van der Waals surface area contributed by atoms with Gasteiger partial charge >= 0.3 is 0 Å². The predicted molar refractivity (Wildman–Crippen MR) is 87.1 cm³/mol. The summed E-state index contributed by atoms with van der Waals surface area (Å²) in [5.74, 6) is 0.713. The molecule has 0 bridgehead atoms. The van der Waals surface area contributed by atoms with E-state index < -0.39 is 5.41 Å². The molecule has 1 aliphatic carbocycles. The molecule has 2 rings (SSSR count). The second-order valence-corrected chi connectivity index (χ2v) is 5.70. The lowest BCUT2D eigenvalue weighted by molar-refractivity contribution is -0.130. The van der Waals surface area contributed by atoms with Gasteiger partial charge in [-0.25, -0.2) is 0 Å². The Kier molecular flexibility index (Phi) is 6.78. The number of hydrogen-bond donors (Lipinski definition) is 2. The number of methoxy groups -OCH3 is 1. The zero-order chi connectivity index (χ0) is 14.6. The van der Waals surface area contributed by atoms with Gasteiger partial charge in [-0.2, -0.15) is 0 Å². The van der Waals surface area contributed by atoms with Crippen LogP contribution in [0.25, 0.3) is 0 Å². The highest BCUT2D eigenvalue weighted by atomic mass is 35.5. The van der Waals surface area contributed by atoms with Gasteiger partial charge in [0.1, 0.15) is 5.75 Å². The Bertz CT molecular complexity index is 489. The average Bonchev–Trinajstić information content (AvgIpc) is 2.95. The van der Waals surface area contributed by atoms with Crippen molar-refractivity contribution in [3.63, 3.8) is 0 Å². The van der Waals surface area contributed by atoms with Crippen LogP contribution in [0.2, 0.25) is 5.02 Å². The number of ether oxygens (including phenoxy) is 1. The molecular formula is C15H22Cl2N2O2. The van der Waals surface area contributed by atoms with Crippen molar-refractivity contribution in [1.82, 2.24) is 5.32 Å². The van der Waals surface area contributed by atoms with Crippen LogP contribution in [0.1, 0.15) is 31.2 Å². The minimum absolute atomic E-state index is 0. The molecule has 21 heavy (non-hydrogen) atoms. The van der Waals surface area contributed by atoms with Crippen LogP contribution in [-0.2, 0) is 11.3 Å².